The molecule has 6 atom stereocenters. The predicted octanol–water partition coefficient (Wildman–Crippen LogP) is 1.56. The van der Waals surface area contributed by atoms with Crippen molar-refractivity contribution in [3.05, 3.63) is 35.9 Å². The molecule has 1 N–H and O–H groups in total. The van der Waals surface area contributed by atoms with E-state index < -0.39 is 53.3 Å². The number of nitrogens with one attached hydrogen (secondary N) is 1. The smallest absolute Gasteiger partial charge is 0.303 e. The number of amidine groups is 1. The van der Waals surface area contributed by atoms with Gasteiger partial charge in [0.1, 0.15) is 17.6 Å². The van der Waals surface area contributed by atoms with E-state index in [4.69, 9.17) is 23.7 Å². The van der Waals surface area contributed by atoms with E-state index in [1.54, 1.807) is 0 Å². The molecule has 2 aliphatic heterocycles. The lowest BCUT2D eigenvalue weighted by atomic mass is 9.95. The molecule has 0 radical (unpaired) electrons. The van der Waals surface area contributed by atoms with Crippen LogP contribution < -0.4 is 5.32 Å². The molecule has 3 fully saturated rings. The van der Waals surface area contributed by atoms with Gasteiger partial charge in [0.2, 0.25) is 0 Å². The number of carbonyl (C=O) groups is 3. The van der Waals surface area contributed by atoms with E-state index in [-0.39, 0.29) is 0 Å². The maximum absolute atomic E-state index is 11.9. The Balaban J connectivity index is 1.43. The zero-order chi connectivity index (χ0) is 24.3. The molecule has 1 aliphatic carbocycles. The van der Waals surface area contributed by atoms with Gasteiger partial charge in [-0.2, -0.15) is 0 Å². The molecule has 2 heterocycles. The van der Waals surface area contributed by atoms with Crippen molar-refractivity contribution >= 4 is 34.8 Å². The number of aliphatic imine (C=N–C) groups is 1. The number of thioether (sulfide) groups is 1. The van der Waals surface area contributed by atoms with Gasteiger partial charge in [0.15, 0.2) is 23.0 Å². The van der Waals surface area contributed by atoms with Crippen molar-refractivity contribution in [3.63, 3.8) is 0 Å². The lowest BCUT2D eigenvalue weighted by molar-refractivity contribution is -0.216. The van der Waals surface area contributed by atoms with Crippen molar-refractivity contribution in [2.75, 3.05) is 13.2 Å². The van der Waals surface area contributed by atoms with Crippen LogP contribution in [0, 0.1) is 0 Å². The average Bonchev–Trinajstić information content (AvgIpc) is 3.26. The van der Waals surface area contributed by atoms with Gasteiger partial charge in [0.25, 0.3) is 0 Å². The number of esters is 3. The lowest BCUT2D eigenvalue weighted by Crippen LogP contribution is -2.63. The third-order valence-corrected chi connectivity index (χ3v) is 6.77. The molecule has 10 nitrogen and oxygen atoms in total. The summed E-state index contributed by atoms with van der Waals surface area (Å²) in [5.74, 6) is -1.53. The highest BCUT2D eigenvalue weighted by atomic mass is 32.2. The molecule has 1 aromatic carbocycles. The van der Waals surface area contributed by atoms with Gasteiger partial charge in [-0.15, -0.1) is 0 Å². The fourth-order valence-corrected chi connectivity index (χ4v) is 5.43. The number of ether oxygens (including phenoxy) is 5. The molecule has 34 heavy (non-hydrogen) atoms. The molecular weight excluding hydrogens is 464 g/mol. The van der Waals surface area contributed by atoms with Crippen LogP contribution in [-0.2, 0) is 44.7 Å². The van der Waals surface area contributed by atoms with E-state index in [1.807, 2.05) is 30.3 Å². The molecule has 4 rings (SSSR count). The second-order valence-electron chi connectivity index (χ2n) is 8.36. The molecular formula is C23H28N2O8S. The highest BCUT2D eigenvalue weighted by Gasteiger charge is 2.73. The monoisotopic (exact) mass is 492 g/mol. The molecule has 0 bridgehead atoms. The van der Waals surface area contributed by atoms with E-state index in [0.717, 1.165) is 5.56 Å². The first-order chi connectivity index (χ1) is 16.3. The minimum absolute atomic E-state index is 0.339. The topological polar surface area (TPSA) is 122 Å². The van der Waals surface area contributed by atoms with Gasteiger partial charge < -0.3 is 29.0 Å². The highest BCUT2D eigenvalue weighted by molar-refractivity contribution is 8.14. The van der Waals surface area contributed by atoms with Gasteiger partial charge in [0.05, 0.1) is 19.8 Å². The first-order valence-corrected chi connectivity index (χ1v) is 12.0. The van der Waals surface area contributed by atoms with Crippen LogP contribution in [0.25, 0.3) is 0 Å². The van der Waals surface area contributed by atoms with Crippen molar-refractivity contribution < 1.29 is 38.1 Å². The van der Waals surface area contributed by atoms with Crippen LogP contribution in [0.4, 0.5) is 0 Å². The van der Waals surface area contributed by atoms with E-state index in [2.05, 4.69) is 10.3 Å². The Bertz CT molecular complexity index is 958. The molecule has 1 unspecified atom stereocenters. The molecule has 1 spiro atoms. The van der Waals surface area contributed by atoms with Crippen LogP contribution in [0.1, 0.15) is 32.8 Å². The van der Waals surface area contributed by atoms with Crippen LogP contribution in [0.3, 0.4) is 0 Å². The maximum Gasteiger partial charge on any atom is 0.303 e. The Kier molecular flexibility index (Phi) is 7.44. The third kappa shape index (κ3) is 5.53. The number of benzene rings is 1. The SMILES string of the molecule is CC(=O)O[C@@H]1[C@H]2NC(=NCCOCc3ccccc3)S[C@H]2OC2(C[C@@H]2OC(C)=O)[C@H]1OC(C)=O. The quantitative estimate of drug-likeness (QED) is 0.325. The largest absolute Gasteiger partial charge is 0.459 e. The Labute approximate surface area is 201 Å². The molecule has 11 heteroatoms. The number of hydrogen-bond acceptors (Lipinski definition) is 10. The van der Waals surface area contributed by atoms with Gasteiger partial charge in [-0.3, -0.25) is 19.4 Å². The third-order valence-electron chi connectivity index (χ3n) is 5.68. The number of hydrogen-bond donors (Lipinski definition) is 1. The average molecular weight is 493 g/mol. The zero-order valence-electron chi connectivity index (χ0n) is 19.2. The van der Waals surface area contributed by atoms with E-state index in [9.17, 15) is 14.4 Å². The van der Waals surface area contributed by atoms with Crippen LogP contribution in [0.15, 0.2) is 35.3 Å². The van der Waals surface area contributed by atoms with Crippen molar-refractivity contribution in [1.29, 1.82) is 0 Å². The van der Waals surface area contributed by atoms with Gasteiger partial charge in [-0.25, -0.2) is 0 Å². The minimum atomic E-state index is -1.07. The number of carbonyl (C=O) groups excluding carboxylic acids is 3. The molecule has 3 aliphatic rings. The summed E-state index contributed by atoms with van der Waals surface area (Å²) in [5.41, 5.74) is -0.455. The first kappa shape index (κ1) is 24.5. The summed E-state index contributed by atoms with van der Waals surface area (Å²) in [4.78, 5) is 39.8. The van der Waals surface area contributed by atoms with Crippen LogP contribution in [0.2, 0.25) is 0 Å². The predicted molar refractivity (Wildman–Crippen MR) is 122 cm³/mol. The van der Waals surface area contributed by atoms with Gasteiger partial charge in [0, 0.05) is 27.2 Å². The Morgan fingerprint density at radius 3 is 2.47 bits per heavy atom. The second-order valence-corrected chi connectivity index (χ2v) is 9.45. The number of fused-ring (bicyclic) bond motifs is 1. The first-order valence-electron chi connectivity index (χ1n) is 11.1. The summed E-state index contributed by atoms with van der Waals surface area (Å²) in [6, 6.07) is 9.37. The summed E-state index contributed by atoms with van der Waals surface area (Å²) < 4.78 is 28.5. The van der Waals surface area contributed by atoms with Gasteiger partial charge in [-0.1, -0.05) is 42.1 Å². The minimum Gasteiger partial charge on any atom is -0.459 e. The zero-order valence-corrected chi connectivity index (χ0v) is 20.0. The molecule has 0 amide bonds. The van der Waals surface area contributed by atoms with E-state index in [0.29, 0.717) is 31.3 Å². The lowest BCUT2D eigenvalue weighted by Gasteiger charge is -2.42. The normalized spacial score (nSPS) is 32.6. The standard InChI is InChI=1S/C23H28N2O8S/c1-13(26)30-17-11-23(17)20(32-15(3)28)19(31-14(2)27)18-21(33-23)34-22(25-18)24-9-10-29-12-16-7-5-4-6-8-16/h4-8,17-21H,9-12H2,1-3H3,(H,24,25)/t17-,18+,19+,20-,21+,23?/m0/s1. The number of nitrogens with zero attached hydrogens (tertiary/aromatic N) is 1. The van der Waals surface area contributed by atoms with Gasteiger partial charge in [-0.05, 0) is 5.56 Å². The van der Waals surface area contributed by atoms with Crippen LogP contribution in [0.5, 0.6) is 0 Å². The molecule has 2 saturated heterocycles. The second kappa shape index (κ2) is 10.3. The molecule has 1 saturated carbocycles. The Morgan fingerprint density at radius 1 is 1.09 bits per heavy atom. The Morgan fingerprint density at radius 2 is 1.79 bits per heavy atom. The highest BCUT2D eigenvalue weighted by Crippen LogP contribution is 2.55. The van der Waals surface area contributed by atoms with Gasteiger partial charge >= 0.3 is 17.9 Å². The fourth-order valence-electron chi connectivity index (χ4n) is 4.24. The van der Waals surface area contributed by atoms with E-state index in [1.165, 1.54) is 32.5 Å². The molecule has 184 valence electrons. The maximum atomic E-state index is 11.9. The Hall–Kier alpha value is -2.63. The summed E-state index contributed by atoms with van der Waals surface area (Å²) in [6.45, 7) is 5.22. The van der Waals surface area contributed by atoms with Crippen molar-refractivity contribution in [2.45, 2.75) is 69.2 Å². The summed E-state index contributed by atoms with van der Waals surface area (Å²) >= 11 is 1.35. The van der Waals surface area contributed by atoms with Crippen molar-refractivity contribution in [1.82, 2.24) is 5.32 Å². The van der Waals surface area contributed by atoms with Crippen molar-refractivity contribution in [2.24, 2.45) is 4.99 Å². The van der Waals surface area contributed by atoms with Crippen LogP contribution in [-0.4, -0.2) is 71.6 Å². The summed E-state index contributed by atoms with van der Waals surface area (Å²) in [7, 11) is 0. The molecule has 1 aromatic rings. The molecule has 0 aromatic heterocycles. The summed E-state index contributed by atoms with van der Waals surface area (Å²) in [6.07, 6.45) is -2.02. The fraction of sp³-hybridized carbons (Fsp3) is 0.565. The van der Waals surface area contributed by atoms with E-state index >= 15 is 0 Å². The number of rotatable bonds is 8. The van der Waals surface area contributed by atoms with Crippen LogP contribution >= 0.6 is 11.8 Å². The van der Waals surface area contributed by atoms with Crippen molar-refractivity contribution in [3.8, 4) is 0 Å². The summed E-state index contributed by atoms with van der Waals surface area (Å²) in [5, 5.41) is 3.85.